The predicted octanol–water partition coefficient (Wildman–Crippen LogP) is 4.57. The number of hydrogen-bond donors (Lipinski definition) is 1. The van der Waals surface area contributed by atoms with Crippen molar-refractivity contribution in [1.82, 2.24) is 0 Å². The summed E-state index contributed by atoms with van der Waals surface area (Å²) in [6, 6.07) is 18.5. The number of piperidine rings is 1. The van der Waals surface area contributed by atoms with Crippen LogP contribution in [0.4, 0.5) is 0 Å². The van der Waals surface area contributed by atoms with Gasteiger partial charge in [-0.1, -0.05) is 42.5 Å². The van der Waals surface area contributed by atoms with Gasteiger partial charge in [-0.15, -0.1) is 0 Å². The molecule has 2 aliphatic rings. The van der Waals surface area contributed by atoms with E-state index in [1.807, 2.05) is 18.2 Å². The number of Topliss-reactive ketones (excluding diaryl/α,β-unsaturated/α-hetero) is 1. The Morgan fingerprint density at radius 1 is 1.11 bits per heavy atom. The van der Waals surface area contributed by atoms with Crippen LogP contribution in [-0.4, -0.2) is 35.8 Å². The number of ketones is 1. The third-order valence-corrected chi connectivity index (χ3v) is 6.73. The number of ether oxygens (including phenoxy) is 1. The standard InChI is InChI=1S/C24H30NO3/c1-28-22-9-5-8-20(17-22)24-23-11-10-21(26)16-19(23)13-15-25(24,27)14-12-18-6-3-2-4-7-18/h2-9,17,19,23-24,27H,10-16H2,1H3/q+1. The highest BCUT2D eigenvalue weighted by molar-refractivity contribution is 5.79. The van der Waals surface area contributed by atoms with Gasteiger partial charge < -0.3 is 4.74 Å². The van der Waals surface area contributed by atoms with Crippen LogP contribution in [0.3, 0.4) is 0 Å². The van der Waals surface area contributed by atoms with Gasteiger partial charge in [0.25, 0.3) is 0 Å². The second-order valence-electron chi connectivity index (χ2n) is 8.39. The van der Waals surface area contributed by atoms with Crippen molar-refractivity contribution < 1.29 is 19.4 Å². The average Bonchev–Trinajstić information content (AvgIpc) is 2.73. The Morgan fingerprint density at radius 3 is 2.71 bits per heavy atom. The third kappa shape index (κ3) is 3.85. The van der Waals surface area contributed by atoms with Crippen molar-refractivity contribution in [2.75, 3.05) is 20.2 Å². The first-order chi connectivity index (χ1) is 13.6. The summed E-state index contributed by atoms with van der Waals surface area (Å²) in [5.74, 6) is 1.92. The number of hydrogen-bond acceptors (Lipinski definition) is 3. The molecule has 0 spiro atoms. The van der Waals surface area contributed by atoms with Crippen LogP contribution in [0.2, 0.25) is 0 Å². The molecule has 4 atom stereocenters. The summed E-state index contributed by atoms with van der Waals surface area (Å²) < 4.78 is 5.51. The summed E-state index contributed by atoms with van der Waals surface area (Å²) >= 11 is 0. The Kier molecular flexibility index (Phi) is 5.51. The number of nitrogens with zero attached hydrogens (tertiary/aromatic N) is 1. The van der Waals surface area contributed by atoms with Gasteiger partial charge in [-0.05, 0) is 30.0 Å². The lowest BCUT2D eigenvalue weighted by molar-refractivity contribution is -1.13. The largest absolute Gasteiger partial charge is 0.497 e. The van der Waals surface area contributed by atoms with E-state index < -0.39 is 0 Å². The summed E-state index contributed by atoms with van der Waals surface area (Å²) in [5, 5.41) is 11.8. The molecule has 148 valence electrons. The summed E-state index contributed by atoms with van der Waals surface area (Å²) in [6.45, 7) is 1.38. The van der Waals surface area contributed by atoms with Crippen molar-refractivity contribution in [3.63, 3.8) is 0 Å². The van der Waals surface area contributed by atoms with Crippen molar-refractivity contribution in [1.29, 1.82) is 0 Å². The van der Waals surface area contributed by atoms with Crippen LogP contribution in [0, 0.1) is 11.8 Å². The Morgan fingerprint density at radius 2 is 1.93 bits per heavy atom. The fraction of sp³-hybridized carbons (Fsp3) is 0.458. The van der Waals surface area contributed by atoms with Crippen molar-refractivity contribution >= 4 is 5.78 Å². The maximum Gasteiger partial charge on any atom is 0.147 e. The van der Waals surface area contributed by atoms with E-state index in [1.54, 1.807) is 7.11 Å². The van der Waals surface area contributed by atoms with Crippen molar-refractivity contribution in [3.05, 3.63) is 65.7 Å². The van der Waals surface area contributed by atoms with Gasteiger partial charge in [0.15, 0.2) is 0 Å². The Balaban J connectivity index is 1.65. The SMILES string of the molecule is COc1cccc(C2C3CCC(=O)CC3CC[N+]2(O)CCc2ccccc2)c1. The van der Waals surface area contributed by atoms with E-state index in [1.165, 1.54) is 5.56 Å². The van der Waals surface area contributed by atoms with E-state index >= 15 is 0 Å². The number of hydroxylamine groups is 3. The molecule has 2 fully saturated rings. The first-order valence-corrected chi connectivity index (χ1v) is 10.4. The molecular formula is C24H30NO3+. The lowest BCUT2D eigenvalue weighted by Crippen LogP contribution is -2.58. The second kappa shape index (κ2) is 8.06. The number of methoxy groups -OCH3 is 1. The maximum absolute atomic E-state index is 12.0. The molecule has 4 nitrogen and oxygen atoms in total. The van der Waals surface area contributed by atoms with E-state index in [2.05, 4.69) is 36.4 Å². The van der Waals surface area contributed by atoms with Crippen molar-refractivity contribution in [3.8, 4) is 5.75 Å². The molecular weight excluding hydrogens is 350 g/mol. The number of fused-ring (bicyclic) bond motifs is 1. The van der Waals surface area contributed by atoms with Gasteiger partial charge in [-0.2, -0.15) is 4.65 Å². The summed E-state index contributed by atoms with van der Waals surface area (Å²) in [5.41, 5.74) is 2.37. The molecule has 0 amide bonds. The lowest BCUT2D eigenvalue weighted by Gasteiger charge is -2.49. The van der Waals surface area contributed by atoms with Gasteiger partial charge in [0.05, 0.1) is 7.11 Å². The van der Waals surface area contributed by atoms with E-state index in [9.17, 15) is 10.0 Å². The zero-order chi connectivity index (χ0) is 19.6. The van der Waals surface area contributed by atoms with Crippen molar-refractivity contribution in [2.45, 2.75) is 38.1 Å². The highest BCUT2D eigenvalue weighted by Gasteiger charge is 2.51. The number of carbonyl (C=O) groups is 1. The van der Waals surface area contributed by atoms with Crippen LogP contribution < -0.4 is 4.74 Å². The van der Waals surface area contributed by atoms with Crippen molar-refractivity contribution in [2.24, 2.45) is 11.8 Å². The summed E-state index contributed by atoms with van der Waals surface area (Å²) in [7, 11) is 1.68. The molecule has 1 aliphatic heterocycles. The van der Waals surface area contributed by atoms with Gasteiger partial charge in [-0.3, -0.25) is 4.79 Å². The molecule has 28 heavy (non-hydrogen) atoms. The van der Waals surface area contributed by atoms with Gasteiger partial charge >= 0.3 is 0 Å². The number of carbonyl (C=O) groups excluding carboxylic acids is 1. The Labute approximate surface area is 167 Å². The molecule has 0 bridgehead atoms. The molecule has 4 rings (SSSR count). The maximum atomic E-state index is 12.0. The molecule has 2 aromatic rings. The van der Waals surface area contributed by atoms with E-state index in [0.717, 1.165) is 30.6 Å². The Hall–Kier alpha value is -2.17. The molecule has 1 heterocycles. The summed E-state index contributed by atoms with van der Waals surface area (Å²) in [6.07, 6.45) is 3.94. The highest BCUT2D eigenvalue weighted by Crippen LogP contribution is 2.49. The first-order valence-electron chi connectivity index (χ1n) is 10.4. The fourth-order valence-corrected chi connectivity index (χ4v) is 5.29. The van der Waals surface area contributed by atoms with Crippen LogP contribution in [-0.2, 0) is 11.2 Å². The minimum atomic E-state index is -0.00865. The zero-order valence-corrected chi connectivity index (χ0v) is 16.6. The molecule has 0 radical (unpaired) electrons. The van der Waals surface area contributed by atoms with E-state index in [0.29, 0.717) is 43.6 Å². The van der Waals surface area contributed by atoms with Gasteiger partial charge in [0, 0.05) is 37.2 Å². The lowest BCUT2D eigenvalue weighted by atomic mass is 9.68. The number of likely N-dealkylation sites (tertiary alicyclic amines) is 1. The van der Waals surface area contributed by atoms with Gasteiger partial charge in [0.1, 0.15) is 30.7 Å². The quantitative estimate of drug-likeness (QED) is 0.773. The normalized spacial score (nSPS) is 29.9. The van der Waals surface area contributed by atoms with E-state index in [-0.39, 0.29) is 10.7 Å². The first kappa shape index (κ1) is 19.2. The third-order valence-electron chi connectivity index (χ3n) is 6.73. The van der Waals surface area contributed by atoms with Gasteiger partial charge in [0.2, 0.25) is 0 Å². The zero-order valence-electron chi connectivity index (χ0n) is 16.6. The minimum absolute atomic E-state index is 0.00865. The minimum Gasteiger partial charge on any atom is -0.497 e. The average molecular weight is 381 g/mol. The number of quaternary nitrogens is 1. The van der Waals surface area contributed by atoms with Crippen LogP contribution in [0.25, 0.3) is 0 Å². The molecule has 1 N–H and O–H groups in total. The smallest absolute Gasteiger partial charge is 0.147 e. The highest BCUT2D eigenvalue weighted by atomic mass is 16.5. The van der Waals surface area contributed by atoms with Crippen LogP contribution in [0.15, 0.2) is 54.6 Å². The molecule has 0 aromatic heterocycles. The molecule has 1 aliphatic carbocycles. The topological polar surface area (TPSA) is 46.5 Å². The Bertz CT molecular complexity index is 822. The molecule has 1 saturated carbocycles. The fourth-order valence-electron chi connectivity index (χ4n) is 5.29. The van der Waals surface area contributed by atoms with Gasteiger partial charge in [-0.25, -0.2) is 5.21 Å². The summed E-state index contributed by atoms with van der Waals surface area (Å²) in [4.78, 5) is 12.0. The van der Waals surface area contributed by atoms with Crippen LogP contribution >= 0.6 is 0 Å². The monoisotopic (exact) mass is 380 g/mol. The number of rotatable bonds is 5. The van der Waals surface area contributed by atoms with Crippen LogP contribution in [0.1, 0.15) is 42.9 Å². The molecule has 2 aromatic carbocycles. The van der Waals surface area contributed by atoms with E-state index in [4.69, 9.17) is 4.74 Å². The molecule has 1 saturated heterocycles. The molecule has 4 heteroatoms. The second-order valence-corrected chi connectivity index (χ2v) is 8.39. The number of benzene rings is 2. The predicted molar refractivity (Wildman–Crippen MR) is 108 cm³/mol. The molecule has 4 unspecified atom stereocenters. The van der Waals surface area contributed by atoms with Crippen LogP contribution in [0.5, 0.6) is 5.75 Å².